The van der Waals surface area contributed by atoms with Crippen molar-refractivity contribution in [2.45, 2.75) is 12.2 Å². The van der Waals surface area contributed by atoms with Gasteiger partial charge in [-0.25, -0.2) is 0 Å². The first kappa shape index (κ1) is 19.0. The first-order chi connectivity index (χ1) is 16.3. The minimum atomic E-state index is 0.198. The molecule has 0 bridgehead atoms. The maximum absolute atomic E-state index is 6.21. The van der Waals surface area contributed by atoms with E-state index in [1.165, 1.54) is 0 Å². The fraction of sp³-hybridized carbons (Fsp3) is 0.214. The second-order valence-electron chi connectivity index (χ2n) is 8.64. The monoisotopic (exact) mass is 438 g/mol. The van der Waals surface area contributed by atoms with Crippen LogP contribution in [0.2, 0.25) is 0 Å². The number of epoxide rings is 2. The van der Waals surface area contributed by atoms with Gasteiger partial charge in [-0.1, -0.05) is 42.5 Å². The largest absolute Gasteiger partial charge is 0.491 e. The molecule has 0 spiro atoms. The van der Waals surface area contributed by atoms with E-state index in [4.69, 9.17) is 23.4 Å². The van der Waals surface area contributed by atoms with Crippen LogP contribution in [0.3, 0.4) is 0 Å². The van der Waals surface area contributed by atoms with E-state index in [1.807, 2.05) is 36.6 Å². The van der Waals surface area contributed by atoms with Gasteiger partial charge in [-0.05, 0) is 40.4 Å². The Hall–Kier alpha value is -3.54. The fourth-order valence-corrected chi connectivity index (χ4v) is 4.51. The van der Waals surface area contributed by atoms with Crippen molar-refractivity contribution in [1.29, 1.82) is 0 Å². The fourth-order valence-electron chi connectivity index (χ4n) is 4.51. The van der Waals surface area contributed by atoms with Crippen LogP contribution in [0.25, 0.3) is 43.6 Å². The average molecular weight is 438 g/mol. The Morgan fingerprint density at radius 3 is 2.24 bits per heavy atom. The first-order valence-electron chi connectivity index (χ1n) is 11.3. The van der Waals surface area contributed by atoms with Crippen LogP contribution in [0.1, 0.15) is 0 Å². The molecule has 0 N–H and O–H groups in total. The highest BCUT2D eigenvalue weighted by Crippen LogP contribution is 2.44. The van der Waals surface area contributed by atoms with E-state index in [-0.39, 0.29) is 12.2 Å². The van der Waals surface area contributed by atoms with Gasteiger partial charge in [0.15, 0.2) is 0 Å². The van der Waals surface area contributed by atoms with E-state index in [1.54, 1.807) is 0 Å². The van der Waals surface area contributed by atoms with Crippen molar-refractivity contribution in [3.8, 4) is 22.6 Å². The highest BCUT2D eigenvalue weighted by atomic mass is 16.6. The van der Waals surface area contributed by atoms with Gasteiger partial charge in [0.2, 0.25) is 0 Å². The summed E-state index contributed by atoms with van der Waals surface area (Å²) in [6, 6.07) is 22.8. The Morgan fingerprint density at radius 1 is 0.697 bits per heavy atom. The standard InChI is InChI=1S/C28H22O5/c1-2-7-23-20(5-1)24-11-17(29-12-18-13-30-18)9-10-22(24)27-25(16-33-28(23)27)21-6-3-4-8-26(21)32-15-19-14-31-19/h1-11,16,18-19H,12-15H2. The summed E-state index contributed by atoms with van der Waals surface area (Å²) in [5.74, 6) is 1.68. The molecule has 33 heavy (non-hydrogen) atoms. The Bertz CT molecular complexity index is 1490. The lowest BCUT2D eigenvalue weighted by atomic mass is 9.94. The van der Waals surface area contributed by atoms with Gasteiger partial charge < -0.3 is 23.4 Å². The molecule has 5 nitrogen and oxygen atoms in total. The van der Waals surface area contributed by atoms with Gasteiger partial charge in [-0.2, -0.15) is 0 Å². The number of furan rings is 1. The summed E-state index contributed by atoms with van der Waals surface area (Å²) in [5, 5.41) is 5.57. The Balaban J connectivity index is 1.43. The molecule has 4 aromatic carbocycles. The molecule has 3 heterocycles. The van der Waals surface area contributed by atoms with Crippen molar-refractivity contribution < 1.29 is 23.4 Å². The van der Waals surface area contributed by atoms with Crippen LogP contribution in [0.5, 0.6) is 11.5 Å². The molecular formula is C28H22O5. The summed E-state index contributed by atoms with van der Waals surface area (Å²) < 4.78 is 28.9. The molecule has 2 aliphatic heterocycles. The van der Waals surface area contributed by atoms with E-state index in [0.29, 0.717) is 13.2 Å². The quantitative estimate of drug-likeness (QED) is 0.232. The number of ether oxygens (including phenoxy) is 4. The molecule has 2 unspecified atom stereocenters. The molecule has 0 amide bonds. The van der Waals surface area contributed by atoms with Gasteiger partial charge in [0.05, 0.1) is 19.5 Å². The third kappa shape index (κ3) is 3.41. The van der Waals surface area contributed by atoms with E-state index in [9.17, 15) is 0 Å². The predicted molar refractivity (Wildman–Crippen MR) is 127 cm³/mol. The van der Waals surface area contributed by atoms with Crippen LogP contribution in [0.4, 0.5) is 0 Å². The minimum Gasteiger partial charge on any atom is -0.491 e. The summed E-state index contributed by atoms with van der Waals surface area (Å²) in [6.45, 7) is 2.69. The summed E-state index contributed by atoms with van der Waals surface area (Å²) in [5.41, 5.74) is 2.92. The van der Waals surface area contributed by atoms with E-state index in [0.717, 1.165) is 68.4 Å². The maximum Gasteiger partial charge on any atom is 0.142 e. The molecule has 2 atom stereocenters. The Kier molecular flexibility index (Phi) is 4.32. The van der Waals surface area contributed by atoms with Crippen molar-refractivity contribution in [3.05, 3.63) is 73.0 Å². The number of hydrogen-bond acceptors (Lipinski definition) is 5. The second kappa shape index (κ2) is 7.51. The van der Waals surface area contributed by atoms with E-state index in [2.05, 4.69) is 36.4 Å². The molecule has 7 rings (SSSR count). The summed E-state index contributed by atoms with van der Waals surface area (Å²) in [4.78, 5) is 0. The Morgan fingerprint density at radius 2 is 1.42 bits per heavy atom. The van der Waals surface area contributed by atoms with Crippen molar-refractivity contribution >= 4 is 32.5 Å². The first-order valence-corrected chi connectivity index (χ1v) is 11.3. The van der Waals surface area contributed by atoms with Crippen molar-refractivity contribution in [2.24, 2.45) is 0 Å². The number of hydrogen-bond donors (Lipinski definition) is 0. The summed E-state index contributed by atoms with van der Waals surface area (Å²) >= 11 is 0. The number of fused-ring (bicyclic) bond motifs is 6. The zero-order valence-corrected chi connectivity index (χ0v) is 18.0. The SMILES string of the molecule is c1ccc(-c2coc3c4ccccc4c4cc(OCC5CO5)ccc4c23)c(OCC2CO2)c1. The minimum absolute atomic E-state index is 0.198. The van der Waals surface area contributed by atoms with E-state index >= 15 is 0 Å². The number of benzene rings is 4. The van der Waals surface area contributed by atoms with Crippen molar-refractivity contribution in [2.75, 3.05) is 26.4 Å². The number of rotatable bonds is 7. The molecule has 0 saturated carbocycles. The highest BCUT2D eigenvalue weighted by Gasteiger charge is 2.25. The van der Waals surface area contributed by atoms with Crippen molar-refractivity contribution in [1.82, 2.24) is 0 Å². The molecule has 5 heteroatoms. The normalized spacial score (nSPS) is 19.3. The van der Waals surface area contributed by atoms with Crippen LogP contribution in [0, 0.1) is 0 Å². The van der Waals surface area contributed by atoms with Gasteiger partial charge in [0.1, 0.15) is 42.5 Å². The summed E-state index contributed by atoms with van der Waals surface area (Å²) in [6.07, 6.45) is 2.27. The molecule has 2 saturated heterocycles. The van der Waals surface area contributed by atoms with Gasteiger partial charge >= 0.3 is 0 Å². The van der Waals surface area contributed by atoms with Gasteiger partial charge in [-0.3, -0.25) is 0 Å². The summed E-state index contributed by atoms with van der Waals surface area (Å²) in [7, 11) is 0. The second-order valence-corrected chi connectivity index (χ2v) is 8.64. The molecule has 2 aliphatic rings. The lowest BCUT2D eigenvalue weighted by Crippen LogP contribution is -2.04. The van der Waals surface area contributed by atoms with Gasteiger partial charge in [-0.15, -0.1) is 0 Å². The van der Waals surface area contributed by atoms with Crippen LogP contribution >= 0.6 is 0 Å². The lowest BCUT2D eigenvalue weighted by molar-refractivity contribution is 0.263. The third-order valence-corrected chi connectivity index (χ3v) is 6.36. The van der Waals surface area contributed by atoms with Gasteiger partial charge in [0, 0.05) is 21.9 Å². The zero-order chi connectivity index (χ0) is 21.8. The molecule has 5 aromatic rings. The molecule has 164 valence electrons. The van der Waals surface area contributed by atoms with Crippen LogP contribution in [0.15, 0.2) is 77.4 Å². The predicted octanol–water partition coefficient (Wildman–Crippen LogP) is 5.96. The van der Waals surface area contributed by atoms with Crippen LogP contribution < -0.4 is 9.47 Å². The molecule has 0 aliphatic carbocycles. The van der Waals surface area contributed by atoms with E-state index < -0.39 is 0 Å². The molecule has 0 radical (unpaired) electrons. The third-order valence-electron chi connectivity index (χ3n) is 6.36. The smallest absolute Gasteiger partial charge is 0.142 e. The van der Waals surface area contributed by atoms with Crippen molar-refractivity contribution in [3.63, 3.8) is 0 Å². The zero-order valence-electron chi connectivity index (χ0n) is 18.0. The van der Waals surface area contributed by atoms with Gasteiger partial charge in [0.25, 0.3) is 0 Å². The Labute approximate surface area is 190 Å². The maximum atomic E-state index is 6.21. The lowest BCUT2D eigenvalue weighted by Gasteiger charge is -2.12. The molecule has 2 fully saturated rings. The average Bonchev–Trinajstić information content (AvgIpc) is 3.80. The van der Waals surface area contributed by atoms with Crippen LogP contribution in [-0.2, 0) is 9.47 Å². The van der Waals surface area contributed by atoms with Crippen LogP contribution in [-0.4, -0.2) is 38.6 Å². The topological polar surface area (TPSA) is 56.7 Å². The highest BCUT2D eigenvalue weighted by molar-refractivity contribution is 6.27. The number of para-hydroxylation sites is 1. The molecular weight excluding hydrogens is 416 g/mol. The molecule has 1 aromatic heterocycles.